The van der Waals surface area contributed by atoms with Crippen LogP contribution in [0.1, 0.15) is 12.5 Å². The van der Waals surface area contributed by atoms with E-state index in [2.05, 4.69) is 11.9 Å². The summed E-state index contributed by atoms with van der Waals surface area (Å²) in [4.78, 5) is 13.2. The number of carbonyl (C=O) groups excluding carboxylic acids is 1. The Morgan fingerprint density at radius 1 is 1.35 bits per heavy atom. The highest BCUT2D eigenvalue weighted by Crippen LogP contribution is 2.10. The molecule has 3 heteroatoms. The van der Waals surface area contributed by atoms with E-state index in [0.29, 0.717) is 6.54 Å². The molecule has 1 aromatic carbocycles. The van der Waals surface area contributed by atoms with E-state index in [4.69, 9.17) is 0 Å². The topological polar surface area (TPSA) is 32.3 Å². The zero-order chi connectivity index (χ0) is 12.8. The van der Waals surface area contributed by atoms with Gasteiger partial charge in [-0.1, -0.05) is 36.9 Å². The van der Waals surface area contributed by atoms with Crippen molar-refractivity contribution in [3.63, 3.8) is 0 Å². The summed E-state index contributed by atoms with van der Waals surface area (Å²) >= 11 is 0. The first-order valence-corrected chi connectivity index (χ1v) is 5.70. The molecule has 1 amide bonds. The fraction of sp³-hybridized carbons (Fsp3) is 0.357. The van der Waals surface area contributed by atoms with Crippen molar-refractivity contribution in [2.75, 3.05) is 20.6 Å². The van der Waals surface area contributed by atoms with Crippen molar-refractivity contribution in [3.05, 3.63) is 42.5 Å². The number of hydrogen-bond acceptors (Lipinski definition) is 2. The molecule has 0 aliphatic rings. The Morgan fingerprint density at radius 2 is 1.94 bits per heavy atom. The van der Waals surface area contributed by atoms with Crippen LogP contribution in [0.4, 0.5) is 0 Å². The van der Waals surface area contributed by atoms with Crippen LogP contribution in [0.25, 0.3) is 5.57 Å². The summed E-state index contributed by atoms with van der Waals surface area (Å²) in [6.07, 6.45) is 0. The SMILES string of the molecule is C=C(CNC(C)C(=O)N(C)C)c1ccccc1. The Kier molecular flexibility index (Phi) is 4.91. The van der Waals surface area contributed by atoms with E-state index in [1.807, 2.05) is 37.3 Å². The second-order valence-corrected chi connectivity index (χ2v) is 4.30. The van der Waals surface area contributed by atoms with Gasteiger partial charge in [0.25, 0.3) is 0 Å². The second kappa shape index (κ2) is 6.21. The summed E-state index contributed by atoms with van der Waals surface area (Å²) in [7, 11) is 3.51. The number of likely N-dealkylation sites (N-methyl/N-ethyl adjacent to an activating group) is 1. The van der Waals surface area contributed by atoms with E-state index in [0.717, 1.165) is 11.1 Å². The zero-order valence-corrected chi connectivity index (χ0v) is 10.7. The normalized spacial score (nSPS) is 11.9. The average Bonchev–Trinajstić information content (AvgIpc) is 2.35. The molecule has 0 saturated carbocycles. The molecule has 0 bridgehead atoms. The van der Waals surface area contributed by atoms with Crippen LogP contribution >= 0.6 is 0 Å². The number of hydrogen-bond donors (Lipinski definition) is 1. The molecule has 92 valence electrons. The van der Waals surface area contributed by atoms with Crippen molar-refractivity contribution in [3.8, 4) is 0 Å². The van der Waals surface area contributed by atoms with E-state index in [-0.39, 0.29) is 11.9 Å². The highest BCUT2D eigenvalue weighted by atomic mass is 16.2. The van der Waals surface area contributed by atoms with Crippen LogP contribution < -0.4 is 5.32 Å². The first kappa shape index (κ1) is 13.5. The summed E-state index contributed by atoms with van der Waals surface area (Å²) in [6.45, 7) is 6.49. The first-order valence-electron chi connectivity index (χ1n) is 5.70. The molecule has 3 nitrogen and oxygen atoms in total. The van der Waals surface area contributed by atoms with Crippen LogP contribution in [0, 0.1) is 0 Å². The molecule has 1 rings (SSSR count). The lowest BCUT2D eigenvalue weighted by molar-refractivity contribution is -0.130. The van der Waals surface area contributed by atoms with Gasteiger partial charge < -0.3 is 10.2 Å². The maximum atomic E-state index is 11.6. The van der Waals surface area contributed by atoms with Crippen molar-refractivity contribution in [1.82, 2.24) is 10.2 Å². The van der Waals surface area contributed by atoms with Gasteiger partial charge in [-0.3, -0.25) is 4.79 Å². The van der Waals surface area contributed by atoms with Crippen molar-refractivity contribution < 1.29 is 4.79 Å². The Bertz CT molecular complexity index is 384. The van der Waals surface area contributed by atoms with Gasteiger partial charge in [-0.05, 0) is 18.1 Å². The van der Waals surface area contributed by atoms with E-state index in [1.54, 1.807) is 19.0 Å². The summed E-state index contributed by atoms with van der Waals surface area (Å²) in [5.74, 6) is 0.0749. The Labute approximate surface area is 103 Å². The monoisotopic (exact) mass is 232 g/mol. The number of nitrogens with zero attached hydrogens (tertiary/aromatic N) is 1. The molecule has 1 N–H and O–H groups in total. The molecule has 0 heterocycles. The van der Waals surface area contributed by atoms with E-state index in [9.17, 15) is 4.79 Å². The summed E-state index contributed by atoms with van der Waals surface area (Å²) in [5.41, 5.74) is 2.09. The quantitative estimate of drug-likeness (QED) is 0.839. The van der Waals surface area contributed by atoms with E-state index < -0.39 is 0 Å². The minimum absolute atomic E-state index is 0.0749. The van der Waals surface area contributed by atoms with Gasteiger partial charge in [-0.25, -0.2) is 0 Å². The summed E-state index contributed by atoms with van der Waals surface area (Å²) in [6, 6.07) is 9.78. The van der Waals surface area contributed by atoms with Gasteiger partial charge in [-0.2, -0.15) is 0 Å². The summed E-state index contributed by atoms with van der Waals surface area (Å²) in [5, 5.41) is 3.17. The van der Waals surface area contributed by atoms with Crippen molar-refractivity contribution in [2.24, 2.45) is 0 Å². The van der Waals surface area contributed by atoms with Crippen LogP contribution in [-0.2, 0) is 4.79 Å². The molecule has 1 atom stereocenters. The fourth-order valence-electron chi connectivity index (χ4n) is 1.53. The molecular formula is C14H20N2O. The van der Waals surface area contributed by atoms with Crippen LogP contribution in [0.3, 0.4) is 0 Å². The number of rotatable bonds is 5. The molecule has 0 spiro atoms. The molecule has 0 saturated heterocycles. The molecule has 0 radical (unpaired) electrons. The number of benzene rings is 1. The maximum absolute atomic E-state index is 11.6. The lowest BCUT2D eigenvalue weighted by Crippen LogP contribution is -2.41. The number of amides is 1. The van der Waals surface area contributed by atoms with Gasteiger partial charge >= 0.3 is 0 Å². The number of nitrogens with one attached hydrogen (secondary N) is 1. The summed E-state index contributed by atoms with van der Waals surface area (Å²) < 4.78 is 0. The molecular weight excluding hydrogens is 212 g/mol. The highest BCUT2D eigenvalue weighted by molar-refractivity contribution is 5.81. The second-order valence-electron chi connectivity index (χ2n) is 4.30. The molecule has 1 aromatic rings. The van der Waals surface area contributed by atoms with Crippen molar-refractivity contribution in [2.45, 2.75) is 13.0 Å². The van der Waals surface area contributed by atoms with Crippen molar-refractivity contribution >= 4 is 11.5 Å². The van der Waals surface area contributed by atoms with E-state index >= 15 is 0 Å². The van der Waals surface area contributed by atoms with Gasteiger partial charge in [0.1, 0.15) is 0 Å². The van der Waals surface area contributed by atoms with Gasteiger partial charge in [0.05, 0.1) is 6.04 Å². The van der Waals surface area contributed by atoms with Crippen LogP contribution in [-0.4, -0.2) is 37.5 Å². The lowest BCUT2D eigenvalue weighted by Gasteiger charge is -2.18. The first-order chi connectivity index (χ1) is 8.02. The molecule has 1 unspecified atom stereocenters. The predicted octanol–water partition coefficient (Wildman–Crippen LogP) is 1.77. The van der Waals surface area contributed by atoms with Crippen LogP contribution in [0.5, 0.6) is 0 Å². The Balaban J connectivity index is 2.47. The highest BCUT2D eigenvalue weighted by Gasteiger charge is 2.13. The minimum Gasteiger partial charge on any atom is -0.347 e. The maximum Gasteiger partial charge on any atom is 0.238 e. The smallest absolute Gasteiger partial charge is 0.238 e. The average molecular weight is 232 g/mol. The molecule has 17 heavy (non-hydrogen) atoms. The van der Waals surface area contributed by atoms with Gasteiger partial charge in [0.15, 0.2) is 0 Å². The molecule has 0 fully saturated rings. The third-order valence-corrected chi connectivity index (χ3v) is 2.61. The van der Waals surface area contributed by atoms with Gasteiger partial charge in [0.2, 0.25) is 5.91 Å². The fourth-order valence-corrected chi connectivity index (χ4v) is 1.53. The van der Waals surface area contributed by atoms with Crippen LogP contribution in [0.2, 0.25) is 0 Å². The largest absolute Gasteiger partial charge is 0.347 e. The minimum atomic E-state index is -0.189. The Hall–Kier alpha value is -1.61. The molecule has 0 aliphatic heterocycles. The van der Waals surface area contributed by atoms with E-state index in [1.165, 1.54) is 0 Å². The Morgan fingerprint density at radius 3 is 2.47 bits per heavy atom. The molecule has 0 aliphatic carbocycles. The zero-order valence-electron chi connectivity index (χ0n) is 10.7. The van der Waals surface area contributed by atoms with Crippen molar-refractivity contribution in [1.29, 1.82) is 0 Å². The van der Waals surface area contributed by atoms with Crippen LogP contribution in [0.15, 0.2) is 36.9 Å². The predicted molar refractivity (Wildman–Crippen MR) is 71.6 cm³/mol. The standard InChI is InChI=1S/C14H20N2O/c1-11(13-8-6-5-7-9-13)10-15-12(2)14(17)16(3)4/h5-9,12,15H,1,10H2,2-4H3. The third-order valence-electron chi connectivity index (χ3n) is 2.61. The number of carbonyl (C=O) groups is 1. The molecule has 0 aromatic heterocycles. The lowest BCUT2D eigenvalue weighted by atomic mass is 10.1. The van der Waals surface area contributed by atoms with Gasteiger partial charge in [-0.15, -0.1) is 0 Å². The third kappa shape index (κ3) is 4.04. The van der Waals surface area contributed by atoms with Gasteiger partial charge in [0, 0.05) is 20.6 Å².